The van der Waals surface area contributed by atoms with Crippen LogP contribution in [0.1, 0.15) is 46.1 Å². The molecule has 0 amide bonds. The maximum atomic E-state index is 4.74. The van der Waals surface area contributed by atoms with Crippen LogP contribution in [0, 0.1) is 34.6 Å². The molecule has 2 rings (SSSR count). The summed E-state index contributed by atoms with van der Waals surface area (Å²) in [6.07, 6.45) is 0. The molecule has 0 aliphatic carbocycles. The summed E-state index contributed by atoms with van der Waals surface area (Å²) in [5.74, 6) is 0. The Morgan fingerprint density at radius 3 is 2.19 bits per heavy atom. The molecule has 0 unspecified atom stereocenters. The van der Waals surface area contributed by atoms with Gasteiger partial charge in [-0.1, -0.05) is 24.6 Å². The third-order valence-electron chi connectivity index (χ3n) is 4.23. The van der Waals surface area contributed by atoms with Crippen molar-refractivity contribution >= 4 is 0 Å². The van der Waals surface area contributed by atoms with Crippen LogP contribution in [0.3, 0.4) is 0 Å². The highest BCUT2D eigenvalue weighted by Gasteiger charge is 2.13. The number of nitrogens with zero attached hydrogens (tertiary/aromatic N) is 2. The van der Waals surface area contributed by atoms with Crippen LogP contribution in [0.5, 0.6) is 0 Å². The molecule has 0 spiro atoms. The minimum absolute atomic E-state index is 0.858. The molecule has 0 radical (unpaired) electrons. The molecule has 0 bridgehead atoms. The van der Waals surface area contributed by atoms with E-state index < -0.39 is 0 Å². The molecule has 3 heteroatoms. The van der Waals surface area contributed by atoms with Crippen molar-refractivity contribution in [3.63, 3.8) is 0 Å². The lowest BCUT2D eigenvalue weighted by Crippen LogP contribution is -2.13. The minimum atomic E-state index is 0.858. The van der Waals surface area contributed by atoms with Crippen molar-refractivity contribution < 1.29 is 0 Å². The molecule has 114 valence electrons. The standard InChI is InChI=1S/C18H27N3/c1-7-19-10-17-15(5)20-21(16(17)6)11-18-13(3)8-12(2)9-14(18)4/h8-9,19H,7,10-11H2,1-6H3. The van der Waals surface area contributed by atoms with Crippen molar-refractivity contribution in [2.75, 3.05) is 6.54 Å². The summed E-state index contributed by atoms with van der Waals surface area (Å²) in [5, 5.41) is 8.14. The Bertz CT molecular complexity index is 615. The fraction of sp³-hybridized carbons (Fsp3) is 0.500. The summed E-state index contributed by atoms with van der Waals surface area (Å²) < 4.78 is 2.15. The Labute approximate surface area is 128 Å². The molecule has 0 atom stereocenters. The number of nitrogens with one attached hydrogen (secondary N) is 1. The van der Waals surface area contributed by atoms with E-state index in [0.29, 0.717) is 0 Å². The Morgan fingerprint density at radius 1 is 1.00 bits per heavy atom. The summed E-state index contributed by atoms with van der Waals surface area (Å²) in [6, 6.07) is 4.52. The summed E-state index contributed by atoms with van der Waals surface area (Å²) in [5.41, 5.74) is 9.17. The maximum Gasteiger partial charge on any atom is 0.0667 e. The van der Waals surface area contributed by atoms with Crippen LogP contribution < -0.4 is 5.32 Å². The molecular formula is C18H27N3. The average molecular weight is 285 g/mol. The molecule has 0 aliphatic rings. The first kappa shape index (κ1) is 15.8. The van der Waals surface area contributed by atoms with Gasteiger partial charge in [0, 0.05) is 17.8 Å². The minimum Gasteiger partial charge on any atom is -0.313 e. The van der Waals surface area contributed by atoms with Gasteiger partial charge in [-0.15, -0.1) is 0 Å². The molecule has 0 fully saturated rings. The first-order valence-corrected chi connectivity index (χ1v) is 7.74. The zero-order valence-corrected chi connectivity index (χ0v) is 14.2. The second-order valence-corrected chi connectivity index (χ2v) is 5.96. The van der Waals surface area contributed by atoms with E-state index in [0.717, 1.165) is 25.3 Å². The van der Waals surface area contributed by atoms with Crippen LogP contribution in [0.4, 0.5) is 0 Å². The molecule has 1 aromatic carbocycles. The highest BCUT2D eigenvalue weighted by molar-refractivity contribution is 5.38. The third-order valence-corrected chi connectivity index (χ3v) is 4.23. The molecule has 3 nitrogen and oxygen atoms in total. The van der Waals surface area contributed by atoms with E-state index in [2.05, 4.69) is 63.7 Å². The van der Waals surface area contributed by atoms with E-state index in [4.69, 9.17) is 5.10 Å². The van der Waals surface area contributed by atoms with Gasteiger partial charge in [-0.25, -0.2) is 0 Å². The lowest BCUT2D eigenvalue weighted by atomic mass is 10.00. The molecule has 1 heterocycles. The monoisotopic (exact) mass is 285 g/mol. The lowest BCUT2D eigenvalue weighted by Gasteiger charge is -2.13. The van der Waals surface area contributed by atoms with Gasteiger partial charge < -0.3 is 5.32 Å². The fourth-order valence-corrected chi connectivity index (χ4v) is 3.00. The number of benzene rings is 1. The van der Waals surface area contributed by atoms with E-state index >= 15 is 0 Å². The Balaban J connectivity index is 2.33. The van der Waals surface area contributed by atoms with Crippen molar-refractivity contribution in [1.82, 2.24) is 15.1 Å². The zero-order valence-electron chi connectivity index (χ0n) is 14.2. The van der Waals surface area contributed by atoms with Gasteiger partial charge in [-0.3, -0.25) is 4.68 Å². The summed E-state index contributed by atoms with van der Waals surface area (Å²) in [6.45, 7) is 15.7. The third kappa shape index (κ3) is 3.35. The molecule has 1 N–H and O–H groups in total. The van der Waals surface area contributed by atoms with Crippen molar-refractivity contribution in [3.05, 3.63) is 51.3 Å². The van der Waals surface area contributed by atoms with Crippen molar-refractivity contribution in [2.45, 2.75) is 54.6 Å². The summed E-state index contributed by atoms with van der Waals surface area (Å²) >= 11 is 0. The van der Waals surface area contributed by atoms with E-state index in [9.17, 15) is 0 Å². The SMILES string of the molecule is CCNCc1c(C)nn(Cc2c(C)cc(C)cc2C)c1C. The first-order chi connectivity index (χ1) is 9.93. The number of aromatic nitrogens is 2. The topological polar surface area (TPSA) is 29.9 Å². The number of rotatable bonds is 5. The molecule has 21 heavy (non-hydrogen) atoms. The van der Waals surface area contributed by atoms with E-state index in [-0.39, 0.29) is 0 Å². The first-order valence-electron chi connectivity index (χ1n) is 7.74. The normalized spacial score (nSPS) is 11.1. The van der Waals surface area contributed by atoms with Crippen LogP contribution in [-0.2, 0) is 13.1 Å². The highest BCUT2D eigenvalue weighted by atomic mass is 15.3. The van der Waals surface area contributed by atoms with Gasteiger partial charge in [-0.05, 0) is 57.9 Å². The van der Waals surface area contributed by atoms with Crippen LogP contribution in [0.15, 0.2) is 12.1 Å². The Kier molecular flexibility index (Phi) is 4.84. The lowest BCUT2D eigenvalue weighted by molar-refractivity contribution is 0.650. The van der Waals surface area contributed by atoms with Crippen LogP contribution in [0.25, 0.3) is 0 Å². The van der Waals surface area contributed by atoms with Gasteiger partial charge in [0.25, 0.3) is 0 Å². The van der Waals surface area contributed by atoms with E-state index in [1.165, 1.54) is 33.5 Å². The van der Waals surface area contributed by atoms with Crippen molar-refractivity contribution in [1.29, 1.82) is 0 Å². The summed E-state index contributed by atoms with van der Waals surface area (Å²) in [4.78, 5) is 0. The van der Waals surface area contributed by atoms with Crippen LogP contribution in [-0.4, -0.2) is 16.3 Å². The number of hydrogen-bond acceptors (Lipinski definition) is 2. The van der Waals surface area contributed by atoms with Gasteiger partial charge >= 0.3 is 0 Å². The second kappa shape index (κ2) is 6.44. The van der Waals surface area contributed by atoms with Gasteiger partial charge in [0.1, 0.15) is 0 Å². The Hall–Kier alpha value is -1.61. The largest absolute Gasteiger partial charge is 0.313 e. The van der Waals surface area contributed by atoms with Gasteiger partial charge in [0.2, 0.25) is 0 Å². The van der Waals surface area contributed by atoms with E-state index in [1.54, 1.807) is 0 Å². The highest BCUT2D eigenvalue weighted by Crippen LogP contribution is 2.20. The maximum absolute atomic E-state index is 4.74. The quantitative estimate of drug-likeness (QED) is 0.910. The molecule has 0 aliphatic heterocycles. The van der Waals surface area contributed by atoms with E-state index in [1.807, 2.05) is 0 Å². The van der Waals surface area contributed by atoms with Crippen LogP contribution in [0.2, 0.25) is 0 Å². The molecule has 1 aromatic heterocycles. The van der Waals surface area contributed by atoms with Gasteiger partial charge in [0.05, 0.1) is 12.2 Å². The molecule has 2 aromatic rings. The smallest absolute Gasteiger partial charge is 0.0667 e. The Morgan fingerprint density at radius 2 is 1.62 bits per heavy atom. The predicted molar refractivity (Wildman–Crippen MR) is 88.8 cm³/mol. The fourth-order valence-electron chi connectivity index (χ4n) is 3.00. The molecular weight excluding hydrogens is 258 g/mol. The zero-order chi connectivity index (χ0) is 15.6. The average Bonchev–Trinajstić information content (AvgIpc) is 2.66. The van der Waals surface area contributed by atoms with Crippen LogP contribution >= 0.6 is 0 Å². The predicted octanol–water partition coefficient (Wildman–Crippen LogP) is 3.58. The number of aryl methyl sites for hydroxylation is 4. The van der Waals surface area contributed by atoms with Gasteiger partial charge in [-0.2, -0.15) is 5.10 Å². The second-order valence-electron chi connectivity index (χ2n) is 5.96. The number of hydrogen-bond donors (Lipinski definition) is 1. The van der Waals surface area contributed by atoms with Crippen molar-refractivity contribution in [3.8, 4) is 0 Å². The van der Waals surface area contributed by atoms with Gasteiger partial charge in [0.15, 0.2) is 0 Å². The molecule has 0 saturated heterocycles. The summed E-state index contributed by atoms with van der Waals surface area (Å²) in [7, 11) is 0. The molecule has 0 saturated carbocycles. The van der Waals surface area contributed by atoms with Crippen molar-refractivity contribution in [2.24, 2.45) is 0 Å².